The van der Waals surface area contributed by atoms with Gasteiger partial charge in [0.1, 0.15) is 6.61 Å². The van der Waals surface area contributed by atoms with Crippen LogP contribution in [0.4, 0.5) is 15.3 Å². The predicted molar refractivity (Wildman–Crippen MR) is 105 cm³/mol. The quantitative estimate of drug-likeness (QED) is 0.789. The maximum atomic E-state index is 12.0. The number of amides is 3. The zero-order chi connectivity index (χ0) is 19.2. The Morgan fingerprint density at radius 2 is 1.78 bits per heavy atom. The summed E-state index contributed by atoms with van der Waals surface area (Å²) in [5, 5.41) is 6.29. The monoisotopic (exact) mass is 387 g/mol. The highest BCUT2D eigenvalue weighted by Crippen LogP contribution is 2.18. The van der Waals surface area contributed by atoms with Crippen molar-refractivity contribution in [1.82, 2.24) is 10.2 Å². The van der Waals surface area contributed by atoms with Crippen molar-refractivity contribution in [3.05, 3.63) is 64.7 Å². The van der Waals surface area contributed by atoms with Crippen molar-refractivity contribution < 1.29 is 14.3 Å². The van der Waals surface area contributed by atoms with Crippen molar-refractivity contribution in [2.75, 3.05) is 18.4 Å². The normalized spacial score (nSPS) is 14.1. The van der Waals surface area contributed by atoms with Crippen molar-refractivity contribution in [3.63, 3.8) is 0 Å². The molecule has 3 amide bonds. The summed E-state index contributed by atoms with van der Waals surface area (Å²) in [6, 6.07) is 14.3. The molecule has 0 spiro atoms. The number of carbonyl (C=O) groups excluding carboxylic acids is 2. The van der Waals surface area contributed by atoms with Gasteiger partial charge in [0, 0.05) is 23.8 Å². The van der Waals surface area contributed by atoms with Crippen LogP contribution in [-0.2, 0) is 11.3 Å². The van der Waals surface area contributed by atoms with E-state index in [1.807, 2.05) is 19.1 Å². The predicted octanol–water partition coefficient (Wildman–Crippen LogP) is 4.57. The number of hydrogen-bond acceptors (Lipinski definition) is 3. The topological polar surface area (TPSA) is 70.7 Å². The summed E-state index contributed by atoms with van der Waals surface area (Å²) in [7, 11) is 0. The van der Waals surface area contributed by atoms with Crippen molar-refractivity contribution in [2.24, 2.45) is 0 Å². The number of anilines is 1. The van der Waals surface area contributed by atoms with Gasteiger partial charge in [-0.05, 0) is 48.7 Å². The zero-order valence-electron chi connectivity index (χ0n) is 15.1. The largest absolute Gasteiger partial charge is 0.444 e. The first kappa shape index (κ1) is 19.0. The van der Waals surface area contributed by atoms with Crippen LogP contribution in [0.15, 0.2) is 48.5 Å². The first-order valence-electron chi connectivity index (χ1n) is 8.85. The summed E-state index contributed by atoms with van der Waals surface area (Å²) in [6.07, 6.45) is 0.535. The van der Waals surface area contributed by atoms with Crippen molar-refractivity contribution >= 4 is 29.4 Å². The van der Waals surface area contributed by atoms with Crippen LogP contribution >= 0.6 is 11.6 Å². The van der Waals surface area contributed by atoms with Crippen LogP contribution in [0, 0.1) is 0 Å². The fraction of sp³-hybridized carbons (Fsp3) is 0.300. The maximum absolute atomic E-state index is 12.0. The van der Waals surface area contributed by atoms with Gasteiger partial charge in [-0.1, -0.05) is 35.9 Å². The molecule has 2 aromatic rings. The molecule has 2 aromatic carbocycles. The van der Waals surface area contributed by atoms with Crippen LogP contribution in [-0.4, -0.2) is 30.1 Å². The van der Waals surface area contributed by atoms with Crippen molar-refractivity contribution in [2.45, 2.75) is 26.0 Å². The van der Waals surface area contributed by atoms with E-state index in [-0.39, 0.29) is 18.7 Å². The lowest BCUT2D eigenvalue weighted by Gasteiger charge is -2.32. The van der Waals surface area contributed by atoms with Crippen LogP contribution in [0.5, 0.6) is 0 Å². The van der Waals surface area contributed by atoms with Gasteiger partial charge in [0.2, 0.25) is 0 Å². The minimum absolute atomic E-state index is 0.0401. The summed E-state index contributed by atoms with van der Waals surface area (Å²) < 4.78 is 5.19. The molecule has 0 aliphatic carbocycles. The van der Waals surface area contributed by atoms with E-state index in [0.29, 0.717) is 10.7 Å². The van der Waals surface area contributed by atoms with Crippen LogP contribution in [0.3, 0.4) is 0 Å². The van der Waals surface area contributed by atoms with E-state index in [1.165, 1.54) is 0 Å². The van der Waals surface area contributed by atoms with Crippen LogP contribution < -0.4 is 10.6 Å². The third-order valence-corrected chi connectivity index (χ3v) is 4.68. The molecule has 0 bridgehead atoms. The molecule has 1 atom stereocenters. The van der Waals surface area contributed by atoms with Crippen LogP contribution in [0.1, 0.15) is 30.5 Å². The molecule has 1 aliphatic heterocycles. The highest BCUT2D eigenvalue weighted by Gasteiger charge is 2.21. The molecular formula is C20H22ClN3O3. The zero-order valence-corrected chi connectivity index (χ0v) is 15.8. The fourth-order valence-corrected chi connectivity index (χ4v) is 2.74. The van der Waals surface area contributed by atoms with E-state index in [0.717, 1.165) is 30.6 Å². The third kappa shape index (κ3) is 5.37. The molecule has 6 nitrogen and oxygen atoms in total. The van der Waals surface area contributed by atoms with Gasteiger partial charge in [-0.15, -0.1) is 0 Å². The van der Waals surface area contributed by atoms with E-state index < -0.39 is 6.09 Å². The van der Waals surface area contributed by atoms with E-state index in [2.05, 4.69) is 10.6 Å². The first-order chi connectivity index (χ1) is 13.0. The van der Waals surface area contributed by atoms with Crippen molar-refractivity contribution in [3.8, 4) is 0 Å². The van der Waals surface area contributed by atoms with E-state index in [9.17, 15) is 9.59 Å². The average Bonchev–Trinajstić information content (AvgIpc) is 2.60. The number of halogens is 1. The van der Waals surface area contributed by atoms with Gasteiger partial charge in [-0.3, -0.25) is 5.32 Å². The summed E-state index contributed by atoms with van der Waals surface area (Å²) in [5.41, 5.74) is 2.45. The number of urea groups is 1. The minimum Gasteiger partial charge on any atom is -0.444 e. The highest BCUT2D eigenvalue weighted by molar-refractivity contribution is 6.30. The second kappa shape index (κ2) is 8.77. The molecule has 3 rings (SSSR count). The summed E-state index contributed by atoms with van der Waals surface area (Å²) in [4.78, 5) is 25.7. The number of benzene rings is 2. The van der Waals surface area contributed by atoms with E-state index >= 15 is 0 Å². The maximum Gasteiger partial charge on any atom is 0.411 e. The molecule has 0 aromatic heterocycles. The number of ether oxygens (including phenoxy) is 1. The first-order valence-corrected chi connectivity index (χ1v) is 9.23. The number of carbonyl (C=O) groups is 2. The molecule has 2 N–H and O–H groups in total. The molecule has 7 heteroatoms. The lowest BCUT2D eigenvalue weighted by atomic mass is 10.1. The van der Waals surface area contributed by atoms with Gasteiger partial charge in [-0.25, -0.2) is 9.59 Å². The Hall–Kier alpha value is -2.73. The Bertz CT molecular complexity index is 789. The van der Waals surface area contributed by atoms with Crippen LogP contribution in [0.25, 0.3) is 0 Å². The SMILES string of the molecule is C[C@H](NC(=O)N1CCC1)c1ccc(NC(=O)OCc2ccc(Cl)cc2)cc1. The third-order valence-electron chi connectivity index (χ3n) is 4.42. The average molecular weight is 388 g/mol. The van der Waals surface area contributed by atoms with E-state index in [4.69, 9.17) is 16.3 Å². The molecule has 1 heterocycles. The molecule has 1 fully saturated rings. The van der Waals surface area contributed by atoms with Gasteiger partial charge in [0.15, 0.2) is 0 Å². The molecule has 0 saturated carbocycles. The smallest absolute Gasteiger partial charge is 0.411 e. The fourth-order valence-electron chi connectivity index (χ4n) is 2.62. The number of hydrogen-bond donors (Lipinski definition) is 2. The standard InChI is InChI=1S/C20H22ClN3O3/c1-14(22-19(25)24-11-2-12-24)16-5-9-18(10-6-16)23-20(26)27-13-15-3-7-17(21)8-4-15/h3-10,14H,2,11-13H2,1H3,(H,22,25)(H,23,26)/t14-/m0/s1. The van der Waals surface area contributed by atoms with Gasteiger partial charge in [0.05, 0.1) is 6.04 Å². The van der Waals surface area contributed by atoms with Gasteiger partial charge < -0.3 is 15.0 Å². The Morgan fingerprint density at radius 3 is 2.37 bits per heavy atom. The second-order valence-corrected chi connectivity index (χ2v) is 6.90. The Balaban J connectivity index is 1.47. The van der Waals surface area contributed by atoms with Gasteiger partial charge in [0.25, 0.3) is 0 Å². The lowest BCUT2D eigenvalue weighted by molar-refractivity contribution is 0.155. The Kier molecular flexibility index (Phi) is 6.19. The number of nitrogens with one attached hydrogen (secondary N) is 2. The van der Waals surface area contributed by atoms with E-state index in [1.54, 1.807) is 41.3 Å². The Morgan fingerprint density at radius 1 is 1.11 bits per heavy atom. The molecular weight excluding hydrogens is 366 g/mol. The highest BCUT2D eigenvalue weighted by atomic mass is 35.5. The van der Waals surface area contributed by atoms with Crippen molar-refractivity contribution in [1.29, 1.82) is 0 Å². The minimum atomic E-state index is -0.531. The molecule has 1 saturated heterocycles. The molecule has 27 heavy (non-hydrogen) atoms. The summed E-state index contributed by atoms with van der Waals surface area (Å²) >= 11 is 5.82. The molecule has 0 radical (unpaired) electrons. The molecule has 142 valence electrons. The lowest BCUT2D eigenvalue weighted by Crippen LogP contribution is -2.48. The van der Waals surface area contributed by atoms with Crippen LogP contribution in [0.2, 0.25) is 5.02 Å². The second-order valence-electron chi connectivity index (χ2n) is 6.46. The summed E-state index contributed by atoms with van der Waals surface area (Å²) in [6.45, 7) is 3.74. The van der Waals surface area contributed by atoms with Gasteiger partial charge in [-0.2, -0.15) is 0 Å². The Labute approximate surface area is 163 Å². The number of rotatable bonds is 5. The number of likely N-dealkylation sites (tertiary alicyclic amines) is 1. The van der Waals surface area contributed by atoms with Gasteiger partial charge >= 0.3 is 12.1 Å². The molecule has 0 unspecified atom stereocenters. The summed E-state index contributed by atoms with van der Waals surface area (Å²) in [5.74, 6) is 0. The molecule has 1 aliphatic rings. The number of nitrogens with zero attached hydrogens (tertiary/aromatic N) is 1.